The van der Waals surface area contributed by atoms with E-state index in [1.807, 2.05) is 30.3 Å². The highest BCUT2D eigenvalue weighted by atomic mass is 16.7. The number of β-lactam (4-membered cyclic amide) rings is 1. The molecular formula is C24H32N2O7. The van der Waals surface area contributed by atoms with Crippen molar-refractivity contribution in [2.45, 2.75) is 83.1 Å². The van der Waals surface area contributed by atoms with Gasteiger partial charge in [0.05, 0.1) is 6.61 Å². The average molecular weight is 461 g/mol. The molecule has 3 aliphatic heterocycles. The van der Waals surface area contributed by atoms with Crippen molar-refractivity contribution in [3.05, 3.63) is 35.9 Å². The summed E-state index contributed by atoms with van der Waals surface area (Å²) in [4.78, 5) is 42.1. The van der Waals surface area contributed by atoms with Crippen molar-refractivity contribution < 1.29 is 33.3 Å². The topological polar surface area (TPSA) is 94.6 Å². The van der Waals surface area contributed by atoms with Crippen molar-refractivity contribution >= 4 is 18.1 Å². The zero-order valence-electron chi connectivity index (χ0n) is 19.8. The number of amides is 3. The van der Waals surface area contributed by atoms with Gasteiger partial charge in [-0.05, 0) is 53.0 Å². The SMILES string of the molecule is CC(C)(C)OC(=O)N1C(=O)[C@@]2(CCCN2C(=O)OCc2ccccc2)[C@@H]1[C@H]1COC(C)(C)O1. The molecule has 3 atom stereocenters. The molecule has 3 fully saturated rings. The highest BCUT2D eigenvalue weighted by Gasteiger charge is 2.72. The minimum atomic E-state index is -1.22. The number of rotatable bonds is 3. The Balaban J connectivity index is 1.59. The molecule has 3 aliphatic rings. The van der Waals surface area contributed by atoms with E-state index in [1.165, 1.54) is 4.90 Å². The lowest BCUT2D eigenvalue weighted by Gasteiger charge is -2.57. The molecule has 0 unspecified atom stereocenters. The maximum absolute atomic E-state index is 13.5. The first-order valence-electron chi connectivity index (χ1n) is 11.3. The first-order chi connectivity index (χ1) is 15.4. The monoisotopic (exact) mass is 460 g/mol. The molecule has 0 saturated carbocycles. The number of likely N-dealkylation sites (tertiary alicyclic amines) is 2. The van der Waals surface area contributed by atoms with Gasteiger partial charge in [-0.3, -0.25) is 9.69 Å². The second kappa shape index (κ2) is 8.29. The van der Waals surface area contributed by atoms with E-state index in [-0.39, 0.29) is 13.2 Å². The molecule has 33 heavy (non-hydrogen) atoms. The van der Waals surface area contributed by atoms with Gasteiger partial charge in [0, 0.05) is 6.54 Å². The molecule has 3 heterocycles. The van der Waals surface area contributed by atoms with Gasteiger partial charge >= 0.3 is 12.2 Å². The summed E-state index contributed by atoms with van der Waals surface area (Å²) in [5.41, 5.74) is -1.15. The summed E-state index contributed by atoms with van der Waals surface area (Å²) in [6.45, 7) is 9.41. The summed E-state index contributed by atoms with van der Waals surface area (Å²) in [5.74, 6) is -1.33. The van der Waals surface area contributed by atoms with Crippen LogP contribution in [0.15, 0.2) is 30.3 Å². The van der Waals surface area contributed by atoms with E-state index in [4.69, 9.17) is 18.9 Å². The van der Waals surface area contributed by atoms with Crippen LogP contribution >= 0.6 is 0 Å². The molecule has 0 radical (unpaired) electrons. The van der Waals surface area contributed by atoms with Crippen molar-refractivity contribution in [2.24, 2.45) is 0 Å². The van der Waals surface area contributed by atoms with E-state index >= 15 is 0 Å². The van der Waals surface area contributed by atoms with Crippen molar-refractivity contribution in [2.75, 3.05) is 13.2 Å². The molecule has 4 rings (SSSR count). The van der Waals surface area contributed by atoms with Crippen LogP contribution in [0.25, 0.3) is 0 Å². The predicted molar refractivity (Wildman–Crippen MR) is 117 cm³/mol. The van der Waals surface area contributed by atoms with E-state index in [1.54, 1.807) is 34.6 Å². The van der Waals surface area contributed by atoms with Crippen molar-refractivity contribution in [3.8, 4) is 0 Å². The summed E-state index contributed by atoms with van der Waals surface area (Å²) in [5, 5.41) is 0. The standard InChI is InChI=1S/C24H32N2O7/c1-22(2,3)33-21(29)26-18(17-15-31-23(4,5)32-17)24(19(26)27)12-9-13-25(24)20(28)30-14-16-10-7-6-8-11-16/h6-8,10-11,17-18H,9,12-15H2,1-5H3/t17-,18+,24-/m1/s1. The molecule has 0 bridgehead atoms. The first-order valence-corrected chi connectivity index (χ1v) is 11.3. The molecule has 0 aliphatic carbocycles. The molecule has 3 saturated heterocycles. The van der Waals surface area contributed by atoms with Gasteiger partial charge in [-0.25, -0.2) is 14.5 Å². The van der Waals surface area contributed by atoms with Gasteiger partial charge in [0.25, 0.3) is 5.91 Å². The van der Waals surface area contributed by atoms with Crippen LogP contribution in [0, 0.1) is 0 Å². The van der Waals surface area contributed by atoms with E-state index in [0.29, 0.717) is 19.4 Å². The van der Waals surface area contributed by atoms with Gasteiger partial charge in [0.15, 0.2) is 5.79 Å². The molecule has 1 aromatic rings. The molecule has 180 valence electrons. The van der Waals surface area contributed by atoms with E-state index in [0.717, 1.165) is 10.5 Å². The number of hydrogen-bond acceptors (Lipinski definition) is 7. The van der Waals surface area contributed by atoms with Crippen LogP contribution in [-0.2, 0) is 30.3 Å². The van der Waals surface area contributed by atoms with Crippen LogP contribution in [0.1, 0.15) is 53.0 Å². The summed E-state index contributed by atoms with van der Waals surface area (Å²) in [6.07, 6.45) is -0.899. The van der Waals surface area contributed by atoms with Crippen molar-refractivity contribution in [3.63, 3.8) is 0 Å². The number of carbonyl (C=O) groups is 3. The summed E-state index contributed by atoms with van der Waals surface area (Å²) in [7, 11) is 0. The minimum Gasteiger partial charge on any atom is -0.445 e. The quantitative estimate of drug-likeness (QED) is 0.638. The van der Waals surface area contributed by atoms with Gasteiger partial charge in [-0.2, -0.15) is 0 Å². The Hall–Kier alpha value is -2.65. The number of nitrogens with zero attached hydrogens (tertiary/aromatic N) is 2. The number of hydrogen-bond donors (Lipinski definition) is 0. The van der Waals surface area contributed by atoms with Gasteiger partial charge in [-0.1, -0.05) is 30.3 Å². The van der Waals surface area contributed by atoms with Gasteiger partial charge in [-0.15, -0.1) is 0 Å². The smallest absolute Gasteiger partial charge is 0.417 e. The second-order valence-electron chi connectivity index (χ2n) is 10.2. The Morgan fingerprint density at radius 1 is 1.15 bits per heavy atom. The van der Waals surface area contributed by atoms with Crippen LogP contribution in [0.4, 0.5) is 9.59 Å². The van der Waals surface area contributed by atoms with E-state index in [9.17, 15) is 14.4 Å². The maximum atomic E-state index is 13.5. The van der Waals surface area contributed by atoms with E-state index < -0.39 is 47.2 Å². The fraction of sp³-hybridized carbons (Fsp3) is 0.625. The van der Waals surface area contributed by atoms with Crippen LogP contribution in [-0.4, -0.2) is 70.1 Å². The Labute approximate surface area is 193 Å². The zero-order valence-corrected chi connectivity index (χ0v) is 19.8. The average Bonchev–Trinajstić information content (AvgIpc) is 3.34. The highest BCUT2D eigenvalue weighted by molar-refractivity contribution is 6.07. The minimum absolute atomic E-state index is 0.0942. The van der Waals surface area contributed by atoms with Crippen molar-refractivity contribution in [1.29, 1.82) is 0 Å². The normalized spacial score (nSPS) is 28.7. The molecule has 1 spiro atoms. The Morgan fingerprint density at radius 3 is 2.45 bits per heavy atom. The third-order valence-corrected chi connectivity index (χ3v) is 6.18. The summed E-state index contributed by atoms with van der Waals surface area (Å²) < 4.78 is 22.8. The highest BCUT2D eigenvalue weighted by Crippen LogP contribution is 2.49. The Morgan fingerprint density at radius 2 is 1.85 bits per heavy atom. The fourth-order valence-corrected chi connectivity index (χ4v) is 4.88. The van der Waals surface area contributed by atoms with Gasteiger partial charge in [0.2, 0.25) is 0 Å². The Bertz CT molecular complexity index is 926. The molecule has 0 N–H and O–H groups in total. The summed E-state index contributed by atoms with van der Waals surface area (Å²) >= 11 is 0. The lowest BCUT2D eigenvalue weighted by Crippen LogP contribution is -2.83. The molecule has 9 nitrogen and oxygen atoms in total. The lowest BCUT2D eigenvalue weighted by atomic mass is 9.74. The number of benzene rings is 1. The third-order valence-electron chi connectivity index (χ3n) is 6.18. The zero-order chi connectivity index (χ0) is 24.0. The Kier molecular flexibility index (Phi) is 5.90. The molecule has 1 aromatic carbocycles. The van der Waals surface area contributed by atoms with Crippen LogP contribution in [0.3, 0.4) is 0 Å². The first kappa shape index (κ1) is 23.5. The predicted octanol–water partition coefficient (Wildman–Crippen LogP) is 3.46. The van der Waals surface area contributed by atoms with Crippen LogP contribution in [0.2, 0.25) is 0 Å². The number of ether oxygens (including phenoxy) is 4. The molecule has 3 amide bonds. The lowest BCUT2D eigenvalue weighted by molar-refractivity contribution is -0.191. The molecular weight excluding hydrogens is 428 g/mol. The molecule has 0 aromatic heterocycles. The molecule has 9 heteroatoms. The maximum Gasteiger partial charge on any atom is 0.417 e. The van der Waals surface area contributed by atoms with Crippen LogP contribution < -0.4 is 0 Å². The van der Waals surface area contributed by atoms with Gasteiger partial charge in [0.1, 0.15) is 29.9 Å². The van der Waals surface area contributed by atoms with E-state index in [2.05, 4.69) is 0 Å². The third kappa shape index (κ3) is 4.31. The largest absolute Gasteiger partial charge is 0.445 e. The summed E-state index contributed by atoms with van der Waals surface area (Å²) in [6, 6.07) is 8.61. The van der Waals surface area contributed by atoms with Crippen molar-refractivity contribution in [1.82, 2.24) is 9.80 Å². The number of carbonyl (C=O) groups excluding carboxylic acids is 3. The van der Waals surface area contributed by atoms with Crippen LogP contribution in [0.5, 0.6) is 0 Å². The second-order valence-corrected chi connectivity index (χ2v) is 10.2. The number of imide groups is 1. The van der Waals surface area contributed by atoms with Gasteiger partial charge < -0.3 is 18.9 Å². The fourth-order valence-electron chi connectivity index (χ4n) is 4.88.